The van der Waals surface area contributed by atoms with E-state index in [9.17, 15) is 9.18 Å². The van der Waals surface area contributed by atoms with Crippen LogP contribution in [0.5, 0.6) is 0 Å². The van der Waals surface area contributed by atoms with Crippen LogP contribution in [-0.2, 0) is 10.3 Å². The van der Waals surface area contributed by atoms with Gasteiger partial charge in [-0.1, -0.05) is 11.6 Å². The SMILES string of the molecule is CC1(C)OC(N)=N[C@](C)(c2cc(NC(=O)c3ncccc3Cl)ccc2F)C1(F)F. The molecule has 1 aliphatic rings. The van der Waals surface area contributed by atoms with Gasteiger partial charge >= 0.3 is 5.92 Å². The Balaban J connectivity index is 2.05. The Hall–Kier alpha value is -2.81. The Labute approximate surface area is 169 Å². The highest BCUT2D eigenvalue weighted by Crippen LogP contribution is 2.51. The number of nitrogens with one attached hydrogen (secondary N) is 1. The number of aromatic nitrogens is 1. The number of halogens is 4. The van der Waals surface area contributed by atoms with Crippen LogP contribution in [0.15, 0.2) is 41.5 Å². The molecule has 0 radical (unpaired) electrons. The third-order valence-corrected chi connectivity index (χ3v) is 5.09. The number of aliphatic imine (C=N–C) groups is 1. The number of hydrogen-bond acceptors (Lipinski definition) is 5. The molecule has 1 atom stereocenters. The van der Waals surface area contributed by atoms with E-state index in [1.165, 1.54) is 18.3 Å². The minimum atomic E-state index is -3.63. The summed E-state index contributed by atoms with van der Waals surface area (Å²) < 4.78 is 50.0. The van der Waals surface area contributed by atoms with E-state index in [-0.39, 0.29) is 16.4 Å². The fourth-order valence-electron chi connectivity index (χ4n) is 3.17. The number of amidine groups is 1. The topological polar surface area (TPSA) is 89.6 Å². The highest BCUT2D eigenvalue weighted by Gasteiger charge is 2.66. The molecule has 1 aromatic heterocycles. The van der Waals surface area contributed by atoms with Crippen LogP contribution < -0.4 is 11.1 Å². The van der Waals surface area contributed by atoms with Gasteiger partial charge in [-0.05, 0) is 51.1 Å². The van der Waals surface area contributed by atoms with E-state index in [1.807, 2.05) is 0 Å². The summed E-state index contributed by atoms with van der Waals surface area (Å²) in [6.45, 7) is 3.34. The van der Waals surface area contributed by atoms with Crippen molar-refractivity contribution in [1.29, 1.82) is 0 Å². The van der Waals surface area contributed by atoms with Crippen molar-refractivity contribution in [3.8, 4) is 0 Å². The molecule has 1 amide bonds. The van der Waals surface area contributed by atoms with Crippen molar-refractivity contribution in [2.24, 2.45) is 10.7 Å². The predicted molar refractivity (Wildman–Crippen MR) is 103 cm³/mol. The van der Waals surface area contributed by atoms with Gasteiger partial charge in [0.2, 0.25) is 0 Å². The summed E-state index contributed by atoms with van der Waals surface area (Å²) in [6, 6.07) is 5.80. The second-order valence-corrected chi connectivity index (χ2v) is 7.60. The second-order valence-electron chi connectivity index (χ2n) is 7.19. The summed E-state index contributed by atoms with van der Waals surface area (Å²) in [6.07, 6.45) is 1.38. The van der Waals surface area contributed by atoms with E-state index in [0.29, 0.717) is 0 Å². The zero-order chi connectivity index (χ0) is 21.6. The normalized spacial score (nSPS) is 22.4. The Morgan fingerprint density at radius 2 is 1.93 bits per heavy atom. The van der Waals surface area contributed by atoms with Crippen molar-refractivity contribution < 1.29 is 22.7 Å². The van der Waals surface area contributed by atoms with Crippen LogP contribution in [0.25, 0.3) is 0 Å². The van der Waals surface area contributed by atoms with Crippen LogP contribution >= 0.6 is 11.6 Å². The van der Waals surface area contributed by atoms with Gasteiger partial charge in [0, 0.05) is 17.4 Å². The van der Waals surface area contributed by atoms with Crippen molar-refractivity contribution in [2.75, 3.05) is 5.32 Å². The van der Waals surface area contributed by atoms with Gasteiger partial charge in [-0.15, -0.1) is 0 Å². The number of carbonyl (C=O) groups is 1. The predicted octanol–water partition coefficient (Wildman–Crippen LogP) is 4.10. The van der Waals surface area contributed by atoms with Gasteiger partial charge in [0.1, 0.15) is 11.5 Å². The number of pyridine rings is 1. The molecule has 0 aliphatic carbocycles. The number of anilines is 1. The van der Waals surface area contributed by atoms with Crippen LogP contribution in [0, 0.1) is 5.82 Å². The van der Waals surface area contributed by atoms with Crippen LogP contribution in [0.2, 0.25) is 5.02 Å². The van der Waals surface area contributed by atoms with Crippen molar-refractivity contribution in [1.82, 2.24) is 4.98 Å². The number of hydrogen-bond donors (Lipinski definition) is 2. The summed E-state index contributed by atoms with van der Waals surface area (Å²) in [5.41, 5.74) is 0.718. The molecule has 29 heavy (non-hydrogen) atoms. The van der Waals surface area contributed by atoms with E-state index in [1.54, 1.807) is 6.07 Å². The molecule has 0 spiro atoms. The van der Waals surface area contributed by atoms with Gasteiger partial charge in [-0.2, -0.15) is 8.78 Å². The van der Waals surface area contributed by atoms with E-state index in [4.69, 9.17) is 22.1 Å². The van der Waals surface area contributed by atoms with Crippen LogP contribution in [0.4, 0.5) is 18.9 Å². The number of ether oxygens (including phenoxy) is 1. The minimum absolute atomic E-state index is 0.0585. The molecule has 0 fully saturated rings. The monoisotopic (exact) mass is 426 g/mol. The van der Waals surface area contributed by atoms with Gasteiger partial charge in [-0.3, -0.25) is 4.79 Å². The maximum absolute atomic E-state index is 15.2. The molecule has 0 unspecified atom stereocenters. The first-order valence-electron chi connectivity index (χ1n) is 8.53. The van der Waals surface area contributed by atoms with Crippen molar-refractivity contribution >= 4 is 29.2 Å². The second kappa shape index (κ2) is 6.91. The van der Waals surface area contributed by atoms with Crippen LogP contribution in [0.1, 0.15) is 36.8 Å². The average Bonchev–Trinajstić information content (AvgIpc) is 2.61. The van der Waals surface area contributed by atoms with Crippen molar-refractivity contribution in [3.63, 3.8) is 0 Å². The first-order valence-corrected chi connectivity index (χ1v) is 8.91. The minimum Gasteiger partial charge on any atom is -0.453 e. The summed E-state index contributed by atoms with van der Waals surface area (Å²) >= 11 is 5.94. The molecule has 1 aliphatic heterocycles. The Bertz CT molecular complexity index is 1010. The molecule has 10 heteroatoms. The molecular weight excluding hydrogens is 409 g/mol. The van der Waals surface area contributed by atoms with Gasteiger partial charge in [0.15, 0.2) is 11.1 Å². The number of nitrogens with two attached hydrogens (primary N) is 1. The molecule has 6 nitrogen and oxygen atoms in total. The molecule has 0 bridgehead atoms. The molecule has 0 saturated carbocycles. The lowest BCUT2D eigenvalue weighted by Gasteiger charge is -2.46. The quantitative estimate of drug-likeness (QED) is 0.773. The Kier molecular flexibility index (Phi) is 4.98. The molecule has 3 N–H and O–H groups in total. The van der Waals surface area contributed by atoms with E-state index in [2.05, 4.69) is 15.3 Å². The number of carbonyl (C=O) groups excluding carboxylic acids is 1. The molecule has 3 rings (SSSR count). The molecule has 2 aromatic rings. The van der Waals surface area contributed by atoms with E-state index >= 15 is 8.78 Å². The Morgan fingerprint density at radius 3 is 2.59 bits per heavy atom. The number of rotatable bonds is 3. The lowest BCUT2D eigenvalue weighted by Crippen LogP contribution is -2.62. The highest BCUT2D eigenvalue weighted by atomic mass is 35.5. The third kappa shape index (κ3) is 3.39. The molecule has 154 valence electrons. The summed E-state index contributed by atoms with van der Waals surface area (Å²) in [5, 5.41) is 2.58. The molecular formula is C19H18ClF3N4O2. The average molecular weight is 427 g/mol. The largest absolute Gasteiger partial charge is 0.453 e. The van der Waals surface area contributed by atoms with E-state index in [0.717, 1.165) is 32.9 Å². The maximum atomic E-state index is 15.2. The van der Waals surface area contributed by atoms with E-state index < -0.39 is 40.4 Å². The van der Waals surface area contributed by atoms with Crippen molar-refractivity contribution in [2.45, 2.75) is 37.8 Å². The fraction of sp³-hybridized carbons (Fsp3) is 0.316. The zero-order valence-corrected chi connectivity index (χ0v) is 16.5. The first-order chi connectivity index (χ1) is 13.4. The smallest absolute Gasteiger partial charge is 0.315 e. The highest BCUT2D eigenvalue weighted by molar-refractivity contribution is 6.34. The number of benzene rings is 1. The third-order valence-electron chi connectivity index (χ3n) is 4.78. The first kappa shape index (κ1) is 20.9. The molecule has 1 aromatic carbocycles. The van der Waals surface area contributed by atoms with Crippen LogP contribution in [-0.4, -0.2) is 28.4 Å². The van der Waals surface area contributed by atoms with Gasteiger partial charge < -0.3 is 15.8 Å². The number of nitrogens with zero attached hydrogens (tertiary/aromatic N) is 2. The standard InChI is InChI=1S/C19H18ClF3N4O2/c1-17(2)19(22,23)18(3,27-16(24)29-17)11-9-10(6-7-13(11)21)26-15(28)14-12(20)5-4-8-25-14/h4-9H,1-3H3,(H2,24,27)(H,26,28)/t18-/m1/s1. The molecule has 2 heterocycles. The van der Waals surface area contributed by atoms with Gasteiger partial charge in [-0.25, -0.2) is 14.4 Å². The summed E-state index contributed by atoms with van der Waals surface area (Å²) in [7, 11) is 0. The van der Waals surface area contributed by atoms with Gasteiger partial charge in [0.25, 0.3) is 11.9 Å². The summed E-state index contributed by atoms with van der Waals surface area (Å²) in [4.78, 5) is 20.0. The Morgan fingerprint density at radius 1 is 1.24 bits per heavy atom. The van der Waals surface area contributed by atoms with Gasteiger partial charge in [0.05, 0.1) is 5.02 Å². The lowest BCUT2D eigenvalue weighted by molar-refractivity contribution is -0.207. The van der Waals surface area contributed by atoms with Crippen LogP contribution in [0.3, 0.4) is 0 Å². The number of alkyl halides is 2. The maximum Gasteiger partial charge on any atom is 0.315 e. The lowest BCUT2D eigenvalue weighted by atomic mass is 9.77. The number of amides is 1. The summed E-state index contributed by atoms with van der Waals surface area (Å²) in [5.74, 6) is -5.24. The molecule has 0 saturated heterocycles. The van der Waals surface area contributed by atoms with Crippen molar-refractivity contribution in [3.05, 3.63) is 58.6 Å². The fourth-order valence-corrected chi connectivity index (χ4v) is 3.38. The zero-order valence-electron chi connectivity index (χ0n) is 15.8.